The van der Waals surface area contributed by atoms with Gasteiger partial charge in [0.15, 0.2) is 0 Å². The average Bonchev–Trinajstić information content (AvgIpc) is 3.67. The molecule has 2 aromatic rings. The van der Waals surface area contributed by atoms with E-state index >= 15 is 0 Å². The minimum atomic E-state index is 0.294. The van der Waals surface area contributed by atoms with Gasteiger partial charge in [-0.3, -0.25) is 0 Å². The molecule has 4 aliphatic rings. The maximum absolute atomic E-state index is 5.52. The molecule has 2 aromatic carbocycles. The summed E-state index contributed by atoms with van der Waals surface area (Å²) in [6.07, 6.45) is 1.18. The molecule has 0 saturated carbocycles. The van der Waals surface area contributed by atoms with Crippen molar-refractivity contribution in [2.45, 2.75) is 24.4 Å². The molecule has 6 rings (SSSR count). The molecule has 0 amide bonds. The predicted octanol–water partition coefficient (Wildman–Crippen LogP) is 2.48. The second kappa shape index (κ2) is 10.4. The number of hydrogen-bond acceptors (Lipinski definition) is 8. The van der Waals surface area contributed by atoms with Crippen LogP contribution >= 0.6 is 0 Å². The van der Waals surface area contributed by atoms with Crippen molar-refractivity contribution < 1.29 is 37.9 Å². The molecule has 32 heavy (non-hydrogen) atoms. The second-order valence-electron chi connectivity index (χ2n) is 8.01. The van der Waals surface area contributed by atoms with Gasteiger partial charge < -0.3 is 37.9 Å². The van der Waals surface area contributed by atoms with E-state index in [9.17, 15) is 0 Å². The van der Waals surface area contributed by atoms with Gasteiger partial charge in [0.1, 0.15) is 73.8 Å². The lowest BCUT2D eigenvalue weighted by Crippen LogP contribution is -2.05. The topological polar surface area (TPSA) is 87.0 Å². The van der Waals surface area contributed by atoms with E-state index < -0.39 is 0 Å². The predicted molar refractivity (Wildman–Crippen MR) is 114 cm³/mol. The van der Waals surface area contributed by atoms with E-state index in [0.29, 0.717) is 50.8 Å². The highest BCUT2D eigenvalue weighted by Crippen LogP contribution is 2.22. The fraction of sp³-hybridized carbons (Fsp3) is 0.500. The van der Waals surface area contributed by atoms with E-state index in [-0.39, 0.29) is 0 Å². The first-order valence-corrected chi connectivity index (χ1v) is 11.0. The van der Waals surface area contributed by atoms with Gasteiger partial charge in [0.2, 0.25) is 0 Å². The highest BCUT2D eigenvalue weighted by Gasteiger charge is 2.25. The van der Waals surface area contributed by atoms with Crippen LogP contribution in [0.2, 0.25) is 0 Å². The van der Waals surface area contributed by atoms with Crippen LogP contribution in [-0.4, -0.2) is 77.3 Å². The lowest BCUT2D eigenvalue weighted by molar-refractivity contribution is 0.257. The minimum absolute atomic E-state index is 0.294. The van der Waals surface area contributed by atoms with Gasteiger partial charge in [0, 0.05) is 0 Å². The molecule has 0 aromatic heterocycles. The fourth-order valence-corrected chi connectivity index (χ4v) is 2.68. The molecule has 4 heterocycles. The molecule has 0 spiro atoms. The smallest absolute Gasteiger partial charge is 0.119 e. The van der Waals surface area contributed by atoms with Crippen LogP contribution in [0.15, 0.2) is 48.5 Å². The van der Waals surface area contributed by atoms with E-state index in [0.717, 1.165) is 49.4 Å². The van der Waals surface area contributed by atoms with Crippen LogP contribution in [0.3, 0.4) is 0 Å². The van der Waals surface area contributed by atoms with Crippen molar-refractivity contribution in [2.24, 2.45) is 0 Å². The summed E-state index contributed by atoms with van der Waals surface area (Å²) in [5.74, 6) is 3.41. The Morgan fingerprint density at radius 3 is 0.781 bits per heavy atom. The first-order valence-electron chi connectivity index (χ1n) is 11.0. The van der Waals surface area contributed by atoms with Crippen molar-refractivity contribution in [3.05, 3.63) is 48.5 Å². The van der Waals surface area contributed by atoms with Crippen LogP contribution < -0.4 is 18.9 Å². The summed E-state index contributed by atoms with van der Waals surface area (Å²) in [6, 6.07) is 15.3. The quantitative estimate of drug-likeness (QED) is 0.462. The van der Waals surface area contributed by atoms with Crippen LogP contribution in [0.25, 0.3) is 0 Å². The highest BCUT2D eigenvalue weighted by molar-refractivity contribution is 5.32. The summed E-state index contributed by atoms with van der Waals surface area (Å²) in [4.78, 5) is 0. The molecule has 172 valence electrons. The summed E-state index contributed by atoms with van der Waals surface area (Å²) in [5, 5.41) is 0. The standard InChI is InChI=1S/2C12H14O4/c2*1-2-10(14-6-12-8-16-12)4-3-9(1)13-5-11-7-15-11/h2*1-4,11-12H,5-8H2. The zero-order valence-corrected chi connectivity index (χ0v) is 17.9. The third-order valence-corrected chi connectivity index (χ3v) is 5.00. The van der Waals surface area contributed by atoms with Crippen LogP contribution in [0.1, 0.15) is 0 Å². The van der Waals surface area contributed by atoms with Gasteiger partial charge in [-0.2, -0.15) is 0 Å². The van der Waals surface area contributed by atoms with Gasteiger partial charge in [0.25, 0.3) is 0 Å². The molecule has 4 atom stereocenters. The first kappa shape index (κ1) is 21.3. The lowest BCUT2D eigenvalue weighted by atomic mass is 10.3. The molecule has 4 saturated heterocycles. The number of epoxide rings is 4. The molecule has 0 bridgehead atoms. The van der Waals surface area contributed by atoms with Crippen molar-refractivity contribution >= 4 is 0 Å². The molecular formula is C24H28O8. The zero-order valence-electron chi connectivity index (χ0n) is 17.9. The van der Waals surface area contributed by atoms with Crippen molar-refractivity contribution in [1.82, 2.24) is 0 Å². The van der Waals surface area contributed by atoms with Crippen LogP contribution in [0, 0.1) is 0 Å². The molecule has 8 heteroatoms. The molecule has 0 aliphatic carbocycles. The Bertz CT molecular complexity index is 683. The summed E-state index contributed by atoms with van der Waals surface area (Å²) in [7, 11) is 0. The second-order valence-corrected chi connectivity index (χ2v) is 8.01. The van der Waals surface area contributed by atoms with Crippen LogP contribution in [0.5, 0.6) is 23.0 Å². The number of rotatable bonds is 12. The van der Waals surface area contributed by atoms with Gasteiger partial charge in [-0.15, -0.1) is 0 Å². The Hall–Kier alpha value is -2.52. The third kappa shape index (κ3) is 7.87. The molecule has 4 aliphatic heterocycles. The van der Waals surface area contributed by atoms with E-state index in [4.69, 9.17) is 37.9 Å². The van der Waals surface area contributed by atoms with E-state index in [1.54, 1.807) is 0 Å². The minimum Gasteiger partial charge on any atom is -0.491 e. The largest absolute Gasteiger partial charge is 0.491 e. The van der Waals surface area contributed by atoms with Gasteiger partial charge in [-0.1, -0.05) is 0 Å². The Morgan fingerprint density at radius 2 is 0.625 bits per heavy atom. The molecule has 0 radical (unpaired) electrons. The van der Waals surface area contributed by atoms with E-state index in [1.165, 1.54) is 0 Å². The summed E-state index contributed by atoms with van der Waals surface area (Å²) < 4.78 is 42.3. The number of hydrogen-bond donors (Lipinski definition) is 0. The maximum Gasteiger partial charge on any atom is 0.119 e. The van der Waals surface area contributed by atoms with Gasteiger partial charge >= 0.3 is 0 Å². The van der Waals surface area contributed by atoms with Gasteiger partial charge in [0.05, 0.1) is 26.4 Å². The zero-order chi connectivity index (χ0) is 21.6. The highest BCUT2D eigenvalue weighted by atomic mass is 16.6. The normalized spacial score (nSPS) is 26.2. The van der Waals surface area contributed by atoms with Crippen molar-refractivity contribution in [3.63, 3.8) is 0 Å². The Balaban J connectivity index is 0.000000135. The number of benzene rings is 2. The maximum atomic E-state index is 5.52. The lowest BCUT2D eigenvalue weighted by Gasteiger charge is -2.06. The summed E-state index contributed by atoms with van der Waals surface area (Å²) in [5.41, 5.74) is 0. The van der Waals surface area contributed by atoms with Crippen LogP contribution in [0.4, 0.5) is 0 Å². The molecule has 0 N–H and O–H groups in total. The molecular weight excluding hydrogens is 416 g/mol. The fourth-order valence-electron chi connectivity index (χ4n) is 2.68. The first-order chi connectivity index (χ1) is 15.8. The van der Waals surface area contributed by atoms with Gasteiger partial charge in [-0.25, -0.2) is 0 Å². The SMILES string of the molecule is c1cc(OCC2CO2)ccc1OCC1CO1.c1cc(OCC2CO2)ccc1OCC1CO1. The van der Waals surface area contributed by atoms with Gasteiger partial charge in [-0.05, 0) is 48.5 Å². The third-order valence-electron chi connectivity index (χ3n) is 5.00. The Labute approximate surface area is 187 Å². The summed E-state index contributed by atoms with van der Waals surface area (Å²) >= 11 is 0. The Morgan fingerprint density at radius 1 is 0.438 bits per heavy atom. The molecule has 8 nitrogen and oxygen atoms in total. The molecule has 4 unspecified atom stereocenters. The van der Waals surface area contributed by atoms with E-state index in [1.807, 2.05) is 48.5 Å². The van der Waals surface area contributed by atoms with Crippen LogP contribution in [-0.2, 0) is 18.9 Å². The number of ether oxygens (including phenoxy) is 8. The van der Waals surface area contributed by atoms with Crippen molar-refractivity contribution in [3.8, 4) is 23.0 Å². The monoisotopic (exact) mass is 444 g/mol. The van der Waals surface area contributed by atoms with E-state index in [2.05, 4.69) is 0 Å². The molecule has 4 fully saturated rings. The van der Waals surface area contributed by atoms with Crippen molar-refractivity contribution in [1.29, 1.82) is 0 Å². The average molecular weight is 444 g/mol. The Kier molecular flexibility index (Phi) is 6.93. The van der Waals surface area contributed by atoms with Crippen molar-refractivity contribution in [2.75, 3.05) is 52.9 Å². The summed E-state index contributed by atoms with van der Waals surface area (Å²) in [6.45, 7) is 5.83.